The highest BCUT2D eigenvalue weighted by molar-refractivity contribution is 6.32. The van der Waals surface area contributed by atoms with E-state index in [0.717, 1.165) is 11.1 Å². The smallest absolute Gasteiger partial charge is 0.136 e. The molecule has 1 heterocycles. The molecule has 2 heteroatoms. The molecule has 2 aromatic rings. The van der Waals surface area contributed by atoms with Gasteiger partial charge in [0.15, 0.2) is 0 Å². The lowest BCUT2D eigenvalue weighted by Gasteiger charge is -2.07. The van der Waals surface area contributed by atoms with Crippen molar-refractivity contribution in [1.29, 1.82) is 0 Å². The third-order valence-corrected chi connectivity index (χ3v) is 2.73. The summed E-state index contributed by atoms with van der Waals surface area (Å²) < 4.78 is 0. The van der Waals surface area contributed by atoms with Crippen molar-refractivity contribution < 1.29 is 0 Å². The molecule has 1 nitrogen and oxygen atoms in total. The van der Waals surface area contributed by atoms with Gasteiger partial charge in [0.05, 0.1) is 0 Å². The summed E-state index contributed by atoms with van der Waals surface area (Å²) in [6.07, 6.45) is 1.70. The van der Waals surface area contributed by atoms with Gasteiger partial charge < -0.3 is 0 Å². The third kappa shape index (κ3) is 2.02. The maximum atomic E-state index is 6.06. The van der Waals surface area contributed by atoms with E-state index >= 15 is 0 Å². The van der Waals surface area contributed by atoms with Crippen molar-refractivity contribution in [2.75, 3.05) is 0 Å². The SMILES string of the molecule is Cc1ccc(-c2cccnc2Cl)c(C)c1. The number of aromatic nitrogens is 1. The van der Waals surface area contributed by atoms with E-state index in [1.807, 2.05) is 12.1 Å². The quantitative estimate of drug-likeness (QED) is 0.658. The molecule has 0 unspecified atom stereocenters. The Morgan fingerprint density at radius 1 is 1.07 bits per heavy atom. The standard InChI is InChI=1S/C13H12ClN/c1-9-5-6-11(10(2)8-9)12-4-3-7-15-13(12)14/h3-8H,1-2H3. The second-order valence-electron chi connectivity index (χ2n) is 3.66. The minimum absolute atomic E-state index is 0.560. The average Bonchev–Trinajstić information content (AvgIpc) is 2.20. The van der Waals surface area contributed by atoms with Crippen LogP contribution >= 0.6 is 11.6 Å². The minimum Gasteiger partial charge on any atom is -0.244 e. The first-order valence-corrected chi connectivity index (χ1v) is 5.24. The largest absolute Gasteiger partial charge is 0.244 e. The van der Waals surface area contributed by atoms with Gasteiger partial charge in [-0.05, 0) is 37.1 Å². The van der Waals surface area contributed by atoms with Gasteiger partial charge >= 0.3 is 0 Å². The molecule has 76 valence electrons. The topological polar surface area (TPSA) is 12.9 Å². The molecule has 0 aliphatic rings. The van der Waals surface area contributed by atoms with Crippen LogP contribution < -0.4 is 0 Å². The second-order valence-corrected chi connectivity index (χ2v) is 4.02. The first-order chi connectivity index (χ1) is 7.18. The lowest BCUT2D eigenvalue weighted by atomic mass is 10.0. The summed E-state index contributed by atoms with van der Waals surface area (Å²) in [6, 6.07) is 10.2. The molecular formula is C13H12ClN. The van der Waals surface area contributed by atoms with E-state index < -0.39 is 0 Å². The summed E-state index contributed by atoms with van der Waals surface area (Å²) in [7, 11) is 0. The van der Waals surface area contributed by atoms with Gasteiger partial charge in [-0.2, -0.15) is 0 Å². The summed E-state index contributed by atoms with van der Waals surface area (Å²) in [5.74, 6) is 0. The van der Waals surface area contributed by atoms with Gasteiger partial charge in [-0.15, -0.1) is 0 Å². The van der Waals surface area contributed by atoms with Crippen molar-refractivity contribution in [3.8, 4) is 11.1 Å². The van der Waals surface area contributed by atoms with Gasteiger partial charge in [0, 0.05) is 11.8 Å². The van der Waals surface area contributed by atoms with E-state index in [4.69, 9.17) is 11.6 Å². The van der Waals surface area contributed by atoms with Gasteiger partial charge in [0.25, 0.3) is 0 Å². The molecule has 0 radical (unpaired) electrons. The van der Waals surface area contributed by atoms with Crippen LogP contribution in [0.25, 0.3) is 11.1 Å². The van der Waals surface area contributed by atoms with E-state index in [-0.39, 0.29) is 0 Å². The van der Waals surface area contributed by atoms with Crippen molar-refractivity contribution >= 4 is 11.6 Å². The van der Waals surface area contributed by atoms with Crippen LogP contribution in [0, 0.1) is 13.8 Å². The van der Waals surface area contributed by atoms with E-state index in [1.165, 1.54) is 11.1 Å². The highest BCUT2D eigenvalue weighted by atomic mass is 35.5. The predicted molar refractivity (Wildman–Crippen MR) is 64.2 cm³/mol. The summed E-state index contributed by atoms with van der Waals surface area (Å²) in [5.41, 5.74) is 4.64. The van der Waals surface area contributed by atoms with Crippen LogP contribution in [-0.2, 0) is 0 Å². The average molecular weight is 218 g/mol. The molecule has 2 rings (SSSR count). The summed E-state index contributed by atoms with van der Waals surface area (Å²) in [5, 5.41) is 0.560. The zero-order chi connectivity index (χ0) is 10.8. The van der Waals surface area contributed by atoms with Crippen LogP contribution in [0.4, 0.5) is 0 Å². The zero-order valence-electron chi connectivity index (χ0n) is 8.79. The lowest BCUT2D eigenvalue weighted by Crippen LogP contribution is -1.87. The van der Waals surface area contributed by atoms with Gasteiger partial charge in [-0.25, -0.2) is 4.98 Å². The van der Waals surface area contributed by atoms with E-state index in [2.05, 4.69) is 37.0 Å². The molecule has 0 saturated heterocycles. The molecule has 0 amide bonds. The van der Waals surface area contributed by atoms with E-state index in [9.17, 15) is 0 Å². The van der Waals surface area contributed by atoms with Crippen molar-refractivity contribution in [3.05, 3.63) is 52.8 Å². The highest BCUT2D eigenvalue weighted by Crippen LogP contribution is 2.28. The number of rotatable bonds is 1. The van der Waals surface area contributed by atoms with Crippen LogP contribution in [0.1, 0.15) is 11.1 Å². The summed E-state index contributed by atoms with van der Waals surface area (Å²) >= 11 is 6.06. The Hall–Kier alpha value is -1.34. The Labute approximate surface area is 94.7 Å². The van der Waals surface area contributed by atoms with Crippen LogP contribution in [-0.4, -0.2) is 4.98 Å². The molecule has 0 bridgehead atoms. The Morgan fingerprint density at radius 2 is 1.87 bits per heavy atom. The highest BCUT2D eigenvalue weighted by Gasteiger charge is 2.06. The number of hydrogen-bond donors (Lipinski definition) is 0. The minimum atomic E-state index is 0.560. The number of benzene rings is 1. The number of halogens is 1. The Morgan fingerprint density at radius 3 is 2.53 bits per heavy atom. The maximum absolute atomic E-state index is 6.06. The predicted octanol–water partition coefficient (Wildman–Crippen LogP) is 4.02. The molecule has 15 heavy (non-hydrogen) atoms. The van der Waals surface area contributed by atoms with Crippen LogP contribution in [0.15, 0.2) is 36.5 Å². The van der Waals surface area contributed by atoms with Gasteiger partial charge in [-0.1, -0.05) is 35.4 Å². The van der Waals surface area contributed by atoms with E-state index in [0.29, 0.717) is 5.15 Å². The normalized spacial score (nSPS) is 10.3. The maximum Gasteiger partial charge on any atom is 0.136 e. The third-order valence-electron chi connectivity index (χ3n) is 2.43. The fourth-order valence-electron chi connectivity index (χ4n) is 1.70. The van der Waals surface area contributed by atoms with Crippen LogP contribution in [0.2, 0.25) is 5.15 Å². The van der Waals surface area contributed by atoms with Gasteiger partial charge in [0.1, 0.15) is 5.15 Å². The van der Waals surface area contributed by atoms with Gasteiger partial charge in [0.2, 0.25) is 0 Å². The Kier molecular flexibility index (Phi) is 2.74. The molecule has 1 aromatic heterocycles. The lowest BCUT2D eigenvalue weighted by molar-refractivity contribution is 1.31. The van der Waals surface area contributed by atoms with Crippen molar-refractivity contribution in [1.82, 2.24) is 4.98 Å². The molecule has 0 aliphatic carbocycles. The number of nitrogens with zero attached hydrogens (tertiary/aromatic N) is 1. The first kappa shape index (κ1) is 10.2. The summed E-state index contributed by atoms with van der Waals surface area (Å²) in [6.45, 7) is 4.17. The van der Waals surface area contributed by atoms with E-state index in [1.54, 1.807) is 6.20 Å². The number of pyridine rings is 1. The molecule has 0 saturated carbocycles. The fourth-order valence-corrected chi connectivity index (χ4v) is 1.92. The Balaban J connectivity index is 2.60. The molecule has 0 spiro atoms. The molecule has 0 atom stereocenters. The molecule has 0 N–H and O–H groups in total. The van der Waals surface area contributed by atoms with Crippen molar-refractivity contribution in [2.24, 2.45) is 0 Å². The number of hydrogen-bond acceptors (Lipinski definition) is 1. The van der Waals surface area contributed by atoms with Crippen molar-refractivity contribution in [3.63, 3.8) is 0 Å². The summed E-state index contributed by atoms with van der Waals surface area (Å²) in [4.78, 5) is 4.08. The van der Waals surface area contributed by atoms with Crippen molar-refractivity contribution in [2.45, 2.75) is 13.8 Å². The van der Waals surface area contributed by atoms with Crippen LogP contribution in [0.5, 0.6) is 0 Å². The first-order valence-electron chi connectivity index (χ1n) is 4.86. The molecular weight excluding hydrogens is 206 g/mol. The molecule has 0 fully saturated rings. The molecule has 0 aliphatic heterocycles. The Bertz CT molecular complexity index is 492. The molecule has 1 aromatic carbocycles. The fraction of sp³-hybridized carbons (Fsp3) is 0.154. The number of aryl methyl sites for hydroxylation is 2. The second kappa shape index (κ2) is 4.03. The van der Waals surface area contributed by atoms with Gasteiger partial charge in [-0.3, -0.25) is 0 Å². The zero-order valence-corrected chi connectivity index (χ0v) is 9.55. The van der Waals surface area contributed by atoms with Crippen LogP contribution in [0.3, 0.4) is 0 Å². The monoisotopic (exact) mass is 217 g/mol.